The third-order valence-electron chi connectivity index (χ3n) is 4.58. The second-order valence-corrected chi connectivity index (χ2v) is 8.35. The van der Waals surface area contributed by atoms with Crippen molar-refractivity contribution in [3.63, 3.8) is 0 Å². The number of benzene rings is 1. The predicted octanol–water partition coefficient (Wildman–Crippen LogP) is 4.00. The van der Waals surface area contributed by atoms with Crippen LogP contribution in [0.4, 0.5) is 0 Å². The van der Waals surface area contributed by atoms with Crippen molar-refractivity contribution < 1.29 is 9.53 Å². The van der Waals surface area contributed by atoms with Gasteiger partial charge in [-0.05, 0) is 44.4 Å². The van der Waals surface area contributed by atoms with E-state index in [1.807, 2.05) is 19.9 Å². The van der Waals surface area contributed by atoms with Crippen molar-refractivity contribution in [2.45, 2.75) is 32.1 Å². The molecule has 0 aliphatic carbocycles. The predicted molar refractivity (Wildman–Crippen MR) is 99.8 cm³/mol. The molecule has 0 spiro atoms. The highest BCUT2D eigenvalue weighted by Gasteiger charge is 2.35. The van der Waals surface area contributed by atoms with Gasteiger partial charge >= 0.3 is 0 Å². The second-order valence-electron chi connectivity index (χ2n) is 6.23. The van der Waals surface area contributed by atoms with Crippen LogP contribution in [0, 0.1) is 13.8 Å². The molecule has 2 heterocycles. The van der Waals surface area contributed by atoms with Crippen molar-refractivity contribution in [2.24, 2.45) is 0 Å². The molecule has 4 nitrogen and oxygen atoms in total. The van der Waals surface area contributed by atoms with Crippen molar-refractivity contribution in [1.29, 1.82) is 0 Å². The summed E-state index contributed by atoms with van der Waals surface area (Å²) >= 11 is 5.01. The monoisotopic (exact) mass is 408 g/mol. The minimum atomic E-state index is -0.0780. The standard InChI is InChI=1S/C18H21BrN2O2S/c1-12-16(24-13(2)21-12)17(22)20-11-18(6-8-23-9-7-18)14-4-3-5-15(19)10-14/h3-5,10H,6-9,11H2,1-2H3,(H,20,22). The smallest absolute Gasteiger partial charge is 0.263 e. The molecule has 24 heavy (non-hydrogen) atoms. The van der Waals surface area contributed by atoms with Crippen LogP contribution < -0.4 is 5.32 Å². The molecule has 1 aromatic carbocycles. The SMILES string of the molecule is Cc1nc(C)c(C(=O)NCC2(c3cccc(Br)c3)CCOCC2)s1. The van der Waals surface area contributed by atoms with Crippen LogP contribution in [0.1, 0.15) is 38.8 Å². The number of halogens is 1. The van der Waals surface area contributed by atoms with E-state index < -0.39 is 0 Å². The molecule has 0 radical (unpaired) electrons. The lowest BCUT2D eigenvalue weighted by molar-refractivity contribution is 0.0487. The number of carbonyl (C=O) groups is 1. The largest absolute Gasteiger partial charge is 0.381 e. The van der Waals surface area contributed by atoms with E-state index in [0.29, 0.717) is 11.4 Å². The molecule has 3 rings (SSSR count). The first-order valence-electron chi connectivity index (χ1n) is 8.06. The third-order valence-corrected chi connectivity index (χ3v) is 6.15. The molecular weight excluding hydrogens is 388 g/mol. The zero-order chi connectivity index (χ0) is 17.2. The van der Waals surface area contributed by atoms with E-state index in [-0.39, 0.29) is 11.3 Å². The molecule has 128 valence electrons. The van der Waals surface area contributed by atoms with E-state index in [0.717, 1.165) is 41.2 Å². The first-order valence-corrected chi connectivity index (χ1v) is 9.67. The van der Waals surface area contributed by atoms with Crippen LogP contribution in [0.25, 0.3) is 0 Å². The zero-order valence-electron chi connectivity index (χ0n) is 13.9. The lowest BCUT2D eigenvalue weighted by atomic mass is 9.74. The van der Waals surface area contributed by atoms with Crippen LogP contribution in [0.15, 0.2) is 28.7 Å². The first-order chi connectivity index (χ1) is 11.5. The van der Waals surface area contributed by atoms with Gasteiger partial charge in [-0.3, -0.25) is 4.79 Å². The summed E-state index contributed by atoms with van der Waals surface area (Å²) in [7, 11) is 0. The Hall–Kier alpha value is -1.24. The number of amides is 1. The van der Waals surface area contributed by atoms with Gasteiger partial charge in [-0.2, -0.15) is 0 Å². The maximum Gasteiger partial charge on any atom is 0.263 e. The molecular formula is C18H21BrN2O2S. The Morgan fingerprint density at radius 1 is 1.38 bits per heavy atom. The van der Waals surface area contributed by atoms with Crippen LogP contribution in [0.2, 0.25) is 0 Å². The molecule has 1 amide bonds. The van der Waals surface area contributed by atoms with Gasteiger partial charge in [0.05, 0.1) is 10.7 Å². The number of aryl methyl sites for hydroxylation is 2. The van der Waals surface area contributed by atoms with Gasteiger partial charge in [0.2, 0.25) is 0 Å². The van der Waals surface area contributed by atoms with Crippen molar-refractivity contribution in [3.8, 4) is 0 Å². The lowest BCUT2D eigenvalue weighted by Crippen LogP contribution is -2.44. The highest BCUT2D eigenvalue weighted by molar-refractivity contribution is 9.10. The Bertz CT molecular complexity index is 738. The minimum Gasteiger partial charge on any atom is -0.381 e. The summed E-state index contributed by atoms with van der Waals surface area (Å²) in [5.74, 6) is -0.0287. The fourth-order valence-corrected chi connectivity index (χ4v) is 4.46. The lowest BCUT2D eigenvalue weighted by Gasteiger charge is -2.38. The van der Waals surface area contributed by atoms with E-state index in [1.54, 1.807) is 0 Å². The number of hydrogen-bond acceptors (Lipinski definition) is 4. The van der Waals surface area contributed by atoms with Crippen LogP contribution in [-0.2, 0) is 10.2 Å². The average Bonchev–Trinajstić information content (AvgIpc) is 2.92. The summed E-state index contributed by atoms with van der Waals surface area (Å²) in [5, 5.41) is 4.06. The molecule has 0 bridgehead atoms. The molecule has 6 heteroatoms. The Labute approximate surface area is 154 Å². The van der Waals surface area contributed by atoms with Crippen molar-refractivity contribution in [2.75, 3.05) is 19.8 Å². The normalized spacial score (nSPS) is 16.8. The molecule has 1 saturated heterocycles. The molecule has 2 aromatic rings. The molecule has 1 aliphatic rings. The quantitative estimate of drug-likeness (QED) is 0.831. The molecule has 0 atom stereocenters. The number of aromatic nitrogens is 1. The summed E-state index contributed by atoms with van der Waals surface area (Å²) in [6.07, 6.45) is 1.81. The Morgan fingerprint density at radius 3 is 2.75 bits per heavy atom. The van der Waals surface area contributed by atoms with Gasteiger partial charge in [0.1, 0.15) is 4.88 Å². The second kappa shape index (κ2) is 7.33. The van der Waals surface area contributed by atoms with Gasteiger partial charge in [0, 0.05) is 29.6 Å². The molecule has 1 aliphatic heterocycles. The van der Waals surface area contributed by atoms with Crippen molar-refractivity contribution in [1.82, 2.24) is 10.3 Å². The number of thiazole rings is 1. The van der Waals surface area contributed by atoms with Gasteiger partial charge < -0.3 is 10.1 Å². The number of ether oxygens (including phenoxy) is 1. The molecule has 0 unspecified atom stereocenters. The van der Waals surface area contributed by atoms with Crippen LogP contribution >= 0.6 is 27.3 Å². The highest BCUT2D eigenvalue weighted by Crippen LogP contribution is 2.35. The Morgan fingerprint density at radius 2 is 2.12 bits per heavy atom. The summed E-state index contributed by atoms with van der Waals surface area (Å²) < 4.78 is 6.62. The van der Waals surface area contributed by atoms with Gasteiger partial charge in [0.15, 0.2) is 0 Å². The highest BCUT2D eigenvalue weighted by atomic mass is 79.9. The Balaban J connectivity index is 1.80. The van der Waals surface area contributed by atoms with Gasteiger partial charge in [-0.15, -0.1) is 11.3 Å². The van der Waals surface area contributed by atoms with Crippen LogP contribution in [-0.4, -0.2) is 30.6 Å². The van der Waals surface area contributed by atoms with E-state index in [9.17, 15) is 4.79 Å². The fourth-order valence-electron chi connectivity index (χ4n) is 3.22. The average molecular weight is 409 g/mol. The molecule has 1 aromatic heterocycles. The number of carbonyl (C=O) groups excluding carboxylic acids is 1. The molecule has 0 saturated carbocycles. The molecule has 1 fully saturated rings. The maximum atomic E-state index is 12.6. The topological polar surface area (TPSA) is 51.2 Å². The van der Waals surface area contributed by atoms with Crippen molar-refractivity contribution in [3.05, 3.63) is 49.9 Å². The summed E-state index contributed by atoms with van der Waals surface area (Å²) in [6, 6.07) is 8.37. The van der Waals surface area contributed by atoms with E-state index in [1.165, 1.54) is 16.9 Å². The first kappa shape index (κ1) is 17.6. The summed E-state index contributed by atoms with van der Waals surface area (Å²) in [5.41, 5.74) is 1.97. The van der Waals surface area contributed by atoms with Gasteiger partial charge in [0.25, 0.3) is 5.91 Å². The summed E-state index contributed by atoms with van der Waals surface area (Å²) in [4.78, 5) is 17.6. The maximum absolute atomic E-state index is 12.6. The number of nitrogens with one attached hydrogen (secondary N) is 1. The van der Waals surface area contributed by atoms with E-state index >= 15 is 0 Å². The van der Waals surface area contributed by atoms with Gasteiger partial charge in [-0.25, -0.2) is 4.98 Å². The number of rotatable bonds is 4. The number of hydrogen-bond donors (Lipinski definition) is 1. The van der Waals surface area contributed by atoms with Crippen molar-refractivity contribution >= 4 is 33.2 Å². The Kier molecular flexibility index (Phi) is 5.37. The van der Waals surface area contributed by atoms with E-state index in [2.05, 4.69) is 44.4 Å². The zero-order valence-corrected chi connectivity index (χ0v) is 16.3. The molecule has 1 N–H and O–H groups in total. The van der Waals surface area contributed by atoms with Crippen LogP contribution in [0.5, 0.6) is 0 Å². The summed E-state index contributed by atoms with van der Waals surface area (Å²) in [6.45, 7) is 5.87. The fraction of sp³-hybridized carbons (Fsp3) is 0.444. The minimum absolute atomic E-state index is 0.0287. The van der Waals surface area contributed by atoms with E-state index in [4.69, 9.17) is 4.74 Å². The van der Waals surface area contributed by atoms with Crippen LogP contribution in [0.3, 0.4) is 0 Å². The number of nitrogens with zero attached hydrogens (tertiary/aromatic N) is 1. The third kappa shape index (κ3) is 3.71. The van der Waals surface area contributed by atoms with Gasteiger partial charge in [-0.1, -0.05) is 28.1 Å².